The van der Waals surface area contributed by atoms with Crippen molar-refractivity contribution < 1.29 is 33.4 Å². The Labute approximate surface area is 248 Å². The van der Waals surface area contributed by atoms with Gasteiger partial charge in [-0.25, -0.2) is 9.69 Å². The molecule has 4 atom stereocenters. The quantitative estimate of drug-likeness (QED) is 0.166. The summed E-state index contributed by atoms with van der Waals surface area (Å²) >= 11 is 3.56. The molecule has 9 heteroatoms. The molecule has 2 amide bonds. The lowest BCUT2D eigenvalue weighted by Crippen LogP contribution is -2.44. The van der Waals surface area contributed by atoms with Gasteiger partial charge in [0, 0.05) is 20.0 Å². The average Bonchev–Trinajstić information content (AvgIpc) is 3.48. The maximum absolute atomic E-state index is 14.3. The van der Waals surface area contributed by atoms with Crippen LogP contribution in [0.3, 0.4) is 0 Å². The number of rotatable bonds is 13. The standard InChI is InChI=1S/C32H36BrNO7/c1-21-29(24-15-9-6-10-16-24)41-32(38)34(21)31(37)25(19-23-13-7-5-8-14-23)30(39-22(2)36)28-20-26(33)27(40-28)17-11-3-4-12-18-35/h5-10,13-16,20-21,25,29-30,35H,3-4,11-12,17-19H2,1-2H3. The zero-order chi connectivity index (χ0) is 29.4. The number of carbonyl (C=O) groups is 3. The maximum atomic E-state index is 14.3. The van der Waals surface area contributed by atoms with Gasteiger partial charge in [0.15, 0.2) is 6.10 Å². The molecule has 8 nitrogen and oxygen atoms in total. The van der Waals surface area contributed by atoms with Crippen LogP contribution in [0.15, 0.2) is 75.6 Å². The fourth-order valence-electron chi connectivity index (χ4n) is 5.22. The summed E-state index contributed by atoms with van der Waals surface area (Å²) in [6, 6.07) is 19.9. The van der Waals surface area contributed by atoms with Gasteiger partial charge in [-0.05, 0) is 59.3 Å². The summed E-state index contributed by atoms with van der Waals surface area (Å²) in [6.07, 6.45) is 1.88. The Morgan fingerprint density at radius 1 is 1.02 bits per heavy atom. The minimum atomic E-state index is -1.07. The smallest absolute Gasteiger partial charge is 0.417 e. The Kier molecular flexibility index (Phi) is 10.8. The van der Waals surface area contributed by atoms with Crippen LogP contribution in [-0.2, 0) is 31.9 Å². The number of esters is 1. The highest BCUT2D eigenvalue weighted by molar-refractivity contribution is 9.10. The molecule has 1 aliphatic heterocycles. The number of carbonyl (C=O) groups excluding carboxylic acids is 3. The van der Waals surface area contributed by atoms with Crippen LogP contribution in [0.25, 0.3) is 0 Å². The first-order chi connectivity index (χ1) is 19.8. The second kappa shape index (κ2) is 14.5. The van der Waals surface area contributed by atoms with Crippen molar-refractivity contribution in [2.75, 3.05) is 6.61 Å². The topological polar surface area (TPSA) is 106 Å². The molecule has 2 heterocycles. The fourth-order valence-corrected chi connectivity index (χ4v) is 5.73. The highest BCUT2D eigenvalue weighted by atomic mass is 79.9. The molecular weight excluding hydrogens is 590 g/mol. The Morgan fingerprint density at radius 2 is 1.68 bits per heavy atom. The molecule has 0 spiro atoms. The minimum Gasteiger partial charge on any atom is -0.461 e. The number of aryl methyl sites for hydroxylation is 1. The van der Waals surface area contributed by atoms with Crippen molar-refractivity contribution in [3.05, 3.63) is 93.9 Å². The number of furan rings is 1. The number of aliphatic hydroxyl groups excluding tert-OH is 1. The molecule has 1 N–H and O–H groups in total. The summed E-state index contributed by atoms with van der Waals surface area (Å²) in [6.45, 7) is 3.24. The van der Waals surface area contributed by atoms with E-state index in [0.29, 0.717) is 17.9 Å². The van der Waals surface area contributed by atoms with Crippen LogP contribution in [0, 0.1) is 5.92 Å². The van der Waals surface area contributed by atoms with E-state index < -0.39 is 42.1 Å². The number of halogens is 1. The van der Waals surface area contributed by atoms with Crippen molar-refractivity contribution in [1.29, 1.82) is 0 Å². The molecular formula is C32H36BrNO7. The van der Waals surface area contributed by atoms with Gasteiger partial charge in [0.2, 0.25) is 5.91 Å². The molecule has 4 rings (SSSR count). The molecule has 3 aromatic rings. The Morgan fingerprint density at radius 3 is 2.34 bits per heavy atom. The van der Waals surface area contributed by atoms with Gasteiger partial charge in [0.1, 0.15) is 17.6 Å². The normalized spacial score (nSPS) is 18.1. The molecule has 0 aliphatic carbocycles. The van der Waals surface area contributed by atoms with Crippen molar-refractivity contribution in [3.8, 4) is 0 Å². The number of nitrogens with zero attached hydrogens (tertiary/aromatic N) is 1. The van der Waals surface area contributed by atoms with Crippen molar-refractivity contribution in [2.24, 2.45) is 5.92 Å². The van der Waals surface area contributed by atoms with Gasteiger partial charge < -0.3 is 19.0 Å². The van der Waals surface area contributed by atoms with Gasteiger partial charge in [0.25, 0.3) is 0 Å². The zero-order valence-corrected chi connectivity index (χ0v) is 24.9. The first kappa shape index (κ1) is 30.5. The van der Waals surface area contributed by atoms with Crippen molar-refractivity contribution in [3.63, 3.8) is 0 Å². The monoisotopic (exact) mass is 625 g/mol. The molecule has 1 fully saturated rings. The van der Waals surface area contributed by atoms with Crippen LogP contribution in [0.2, 0.25) is 0 Å². The summed E-state index contributed by atoms with van der Waals surface area (Å²) in [7, 11) is 0. The number of hydrogen-bond donors (Lipinski definition) is 1. The zero-order valence-electron chi connectivity index (χ0n) is 23.3. The largest absolute Gasteiger partial charge is 0.461 e. The van der Waals surface area contributed by atoms with Gasteiger partial charge in [-0.15, -0.1) is 0 Å². The van der Waals surface area contributed by atoms with Gasteiger partial charge >= 0.3 is 12.1 Å². The van der Waals surface area contributed by atoms with E-state index in [0.717, 1.165) is 46.2 Å². The van der Waals surface area contributed by atoms with Crippen molar-refractivity contribution in [1.82, 2.24) is 4.90 Å². The SMILES string of the molecule is CC(=O)OC(c1cc(Br)c(CCCCCCO)o1)C(Cc1ccccc1)C(=O)N1C(=O)OC(c2ccccc2)C1C. The first-order valence-corrected chi connectivity index (χ1v) is 14.8. The number of unbranched alkanes of at least 4 members (excludes halogenated alkanes) is 3. The minimum absolute atomic E-state index is 0.171. The maximum Gasteiger partial charge on any atom is 0.417 e. The third-order valence-electron chi connectivity index (χ3n) is 7.28. The molecule has 41 heavy (non-hydrogen) atoms. The van der Waals surface area contributed by atoms with Gasteiger partial charge in [-0.2, -0.15) is 0 Å². The number of aliphatic hydroxyl groups is 1. The van der Waals surface area contributed by atoms with E-state index in [9.17, 15) is 14.4 Å². The lowest BCUT2D eigenvalue weighted by Gasteiger charge is -2.29. The van der Waals surface area contributed by atoms with E-state index in [-0.39, 0.29) is 13.0 Å². The van der Waals surface area contributed by atoms with Crippen LogP contribution in [0.1, 0.15) is 74.4 Å². The number of ether oxygens (including phenoxy) is 2. The van der Waals surface area contributed by atoms with E-state index >= 15 is 0 Å². The molecule has 0 saturated carbocycles. The second-order valence-corrected chi connectivity index (χ2v) is 11.2. The van der Waals surface area contributed by atoms with Gasteiger partial charge in [0.05, 0.1) is 16.4 Å². The Hall–Kier alpha value is -3.43. The molecule has 1 aromatic heterocycles. The van der Waals surface area contributed by atoms with E-state index in [1.807, 2.05) is 60.7 Å². The first-order valence-electron chi connectivity index (χ1n) is 14.0. The Balaban J connectivity index is 1.66. The van der Waals surface area contributed by atoms with Crippen LogP contribution in [0.5, 0.6) is 0 Å². The lowest BCUT2D eigenvalue weighted by atomic mass is 9.90. The highest BCUT2D eigenvalue weighted by Gasteiger charge is 2.48. The van der Waals surface area contributed by atoms with Crippen molar-refractivity contribution in [2.45, 2.75) is 70.6 Å². The third kappa shape index (κ3) is 7.65. The van der Waals surface area contributed by atoms with E-state index in [4.69, 9.17) is 19.0 Å². The summed E-state index contributed by atoms with van der Waals surface area (Å²) in [5.74, 6) is -1.02. The average molecular weight is 627 g/mol. The molecule has 0 bridgehead atoms. The number of amides is 2. The number of imide groups is 1. The van der Waals surface area contributed by atoms with E-state index in [2.05, 4.69) is 15.9 Å². The summed E-state index contributed by atoms with van der Waals surface area (Å²) in [5, 5.41) is 9.02. The van der Waals surface area contributed by atoms with Crippen LogP contribution >= 0.6 is 15.9 Å². The van der Waals surface area contributed by atoms with Gasteiger partial charge in [-0.1, -0.05) is 73.5 Å². The molecule has 2 aromatic carbocycles. The van der Waals surface area contributed by atoms with E-state index in [1.54, 1.807) is 13.0 Å². The second-order valence-electron chi connectivity index (χ2n) is 10.3. The Bertz CT molecular complexity index is 1310. The van der Waals surface area contributed by atoms with Gasteiger partial charge in [-0.3, -0.25) is 9.59 Å². The van der Waals surface area contributed by atoms with Crippen LogP contribution in [0.4, 0.5) is 4.79 Å². The molecule has 0 radical (unpaired) electrons. The van der Waals surface area contributed by atoms with Crippen LogP contribution in [-0.4, -0.2) is 40.6 Å². The fraction of sp³-hybridized carbons (Fsp3) is 0.406. The van der Waals surface area contributed by atoms with E-state index in [1.165, 1.54) is 6.92 Å². The lowest BCUT2D eigenvalue weighted by molar-refractivity contribution is -0.155. The summed E-state index contributed by atoms with van der Waals surface area (Å²) < 4.78 is 18.4. The van der Waals surface area contributed by atoms with Crippen LogP contribution < -0.4 is 0 Å². The third-order valence-corrected chi connectivity index (χ3v) is 7.95. The molecule has 1 saturated heterocycles. The summed E-state index contributed by atoms with van der Waals surface area (Å²) in [5.41, 5.74) is 1.64. The summed E-state index contributed by atoms with van der Waals surface area (Å²) in [4.78, 5) is 40.9. The predicted molar refractivity (Wildman–Crippen MR) is 156 cm³/mol. The molecule has 1 aliphatic rings. The number of cyclic esters (lactones) is 1. The molecule has 218 valence electrons. The van der Waals surface area contributed by atoms with Crippen molar-refractivity contribution >= 4 is 33.9 Å². The predicted octanol–water partition coefficient (Wildman–Crippen LogP) is 6.71. The number of hydrogen-bond acceptors (Lipinski definition) is 7. The highest BCUT2D eigenvalue weighted by Crippen LogP contribution is 2.39. The molecule has 4 unspecified atom stereocenters. The number of benzene rings is 2.